The van der Waals surface area contributed by atoms with Crippen LogP contribution in [0.15, 0.2) is 73.3 Å². The summed E-state index contributed by atoms with van der Waals surface area (Å²) in [6.07, 6.45) is 0.865. The molecule has 2 aliphatic heterocycles. The number of hydrogen-bond donors (Lipinski definition) is 24. The number of hydrogen-bond acceptors (Lipinski definition) is 28. The lowest BCUT2D eigenvalue weighted by atomic mass is 10.0. The molecule has 2 saturated heterocycles. The van der Waals surface area contributed by atoms with Crippen LogP contribution in [0.4, 0.5) is 0 Å². The van der Waals surface area contributed by atoms with E-state index in [9.17, 15) is 86.9 Å². The quantitative estimate of drug-likeness (QED) is 0.0111. The predicted octanol–water partition coefficient (Wildman–Crippen LogP) is -8.57. The van der Waals surface area contributed by atoms with E-state index in [1.807, 2.05) is 13.0 Å². The number of aliphatic hydroxyl groups is 2. The number of carbonyl (C=O) groups is 17. The Balaban J connectivity index is 1.07. The second kappa shape index (κ2) is 61.0. The van der Waals surface area contributed by atoms with Crippen molar-refractivity contribution in [3.63, 3.8) is 0 Å². The number of aromatic amines is 2. The summed E-state index contributed by atoms with van der Waals surface area (Å²) in [5, 5.41) is 68.6. The first-order chi connectivity index (χ1) is 64.4. The van der Waals surface area contributed by atoms with E-state index in [1.54, 1.807) is 61.7 Å². The number of rotatable bonds is 54. The molecule has 6 rings (SSSR count). The van der Waals surface area contributed by atoms with Gasteiger partial charge in [-0.1, -0.05) is 68.3 Å². The first kappa shape index (κ1) is 110. The molecule has 4 aromatic rings. The Kier molecular flexibility index (Phi) is 50.0. The fraction of sp³-hybridized carbons (Fsp3) is 0.588. The van der Waals surface area contributed by atoms with Crippen LogP contribution < -0.4 is 103 Å². The van der Waals surface area contributed by atoms with Crippen LogP contribution in [0, 0.1) is 5.41 Å². The number of aromatic nitrogens is 3. The molecule has 2 aromatic heterocycles. The van der Waals surface area contributed by atoms with Crippen molar-refractivity contribution < 1.29 is 120 Å². The molecule has 28 N–H and O–H groups in total. The number of aliphatic hydroxyl groups excluding tert-OH is 2. The highest BCUT2D eigenvalue weighted by Gasteiger charge is 2.44. The number of guanidine groups is 1. The van der Waals surface area contributed by atoms with E-state index in [-0.39, 0.29) is 161 Å². The topological polar surface area (TPSA) is 742 Å². The molecule has 0 bridgehead atoms. The van der Waals surface area contributed by atoms with Crippen LogP contribution in [0.1, 0.15) is 114 Å². The Bertz CT molecular complexity index is 4470. The average molecular weight is 1890 g/mol. The van der Waals surface area contributed by atoms with Crippen molar-refractivity contribution in [2.75, 3.05) is 132 Å². The smallest absolute Gasteiger partial charge is 0.246 e. The number of imidazole rings is 1. The SMILES string of the molecule is CCCC[C@H](NC(=O)[C@@H](N)CNC(=O)[C@H](Cc1cnc[nH]1)NC(=O)[C@H](CCC(N)=O)NC(=O)[C@H](CO)NC(=O)CNC(=O)COCCOCCNC(=O)COCCOCCNC(=O)COCCOCC)C(=O)N[C@H]1CCC(=O)NCCCC[C@@H](C(N)=O)NC(=O)[C@H](Cc2c[nH]c3ccccc23)NC(=O)[C@H](CCCNC(=N)N)NC(=O)[C@@H](Cc2ccccc2)NC(=O)[C@@H]2C[C@@H](O)CN2C1=O. The van der Waals surface area contributed by atoms with Gasteiger partial charge in [0, 0.05) is 113 Å². The van der Waals surface area contributed by atoms with Crippen LogP contribution in [0.5, 0.6) is 0 Å². The fourth-order valence-electron chi connectivity index (χ4n) is 13.9. The van der Waals surface area contributed by atoms with E-state index in [2.05, 4.69) is 94.7 Å². The van der Waals surface area contributed by atoms with E-state index >= 15 is 4.79 Å². The maximum absolute atomic E-state index is 15.3. The van der Waals surface area contributed by atoms with Gasteiger partial charge in [-0.15, -0.1) is 0 Å². The molecule has 12 atom stereocenters. The molecule has 740 valence electrons. The molecule has 49 nitrogen and oxygen atoms in total. The highest BCUT2D eigenvalue weighted by molar-refractivity contribution is 6.00. The zero-order valence-electron chi connectivity index (χ0n) is 75.3. The Labute approximate surface area is 773 Å². The van der Waals surface area contributed by atoms with Gasteiger partial charge in [-0.05, 0) is 75.5 Å². The van der Waals surface area contributed by atoms with Gasteiger partial charge in [0.2, 0.25) is 100 Å². The largest absolute Gasteiger partial charge is 0.394 e. The summed E-state index contributed by atoms with van der Waals surface area (Å²) in [6, 6.07) is -1.52. The number of carbonyl (C=O) groups excluding carboxylic acids is 17. The van der Waals surface area contributed by atoms with E-state index in [0.717, 1.165) is 15.8 Å². The maximum Gasteiger partial charge on any atom is 0.246 e. The van der Waals surface area contributed by atoms with Gasteiger partial charge in [0.25, 0.3) is 0 Å². The molecular formula is C85H130N24O25. The summed E-state index contributed by atoms with van der Waals surface area (Å²) in [5.41, 5.74) is 25.4. The van der Waals surface area contributed by atoms with Crippen LogP contribution in [0.25, 0.3) is 10.9 Å². The summed E-state index contributed by atoms with van der Waals surface area (Å²) in [4.78, 5) is 245. The van der Waals surface area contributed by atoms with Gasteiger partial charge in [-0.25, -0.2) is 4.98 Å². The lowest BCUT2D eigenvalue weighted by Gasteiger charge is -2.31. The van der Waals surface area contributed by atoms with Gasteiger partial charge in [0.1, 0.15) is 86.3 Å². The third kappa shape index (κ3) is 41.5. The van der Waals surface area contributed by atoms with Gasteiger partial charge in [0.05, 0.1) is 78.4 Å². The molecular weight excluding hydrogens is 1760 g/mol. The van der Waals surface area contributed by atoms with Crippen LogP contribution >= 0.6 is 0 Å². The lowest BCUT2D eigenvalue weighted by Crippen LogP contribution is -2.61. The minimum atomic E-state index is -1.76. The maximum atomic E-state index is 15.3. The first-order valence-electron chi connectivity index (χ1n) is 44.5. The number of H-pyrrole nitrogens is 2. The normalized spacial score (nSPS) is 18.8. The second-order valence-corrected chi connectivity index (χ2v) is 31.5. The molecule has 2 aliphatic rings. The second-order valence-electron chi connectivity index (χ2n) is 31.5. The summed E-state index contributed by atoms with van der Waals surface area (Å²) in [5.74, 6) is -15.1. The molecule has 0 aliphatic carbocycles. The van der Waals surface area contributed by atoms with Gasteiger partial charge in [-0.2, -0.15) is 0 Å². The third-order valence-electron chi connectivity index (χ3n) is 21.0. The summed E-state index contributed by atoms with van der Waals surface area (Å²) in [7, 11) is 0. The number of unbranched alkanes of at least 4 members (excludes halogenated alkanes) is 1. The highest BCUT2D eigenvalue weighted by atomic mass is 16.5. The van der Waals surface area contributed by atoms with Crippen molar-refractivity contribution in [1.82, 2.24) is 99.6 Å². The van der Waals surface area contributed by atoms with E-state index in [1.165, 1.54) is 12.5 Å². The average Bonchev–Trinajstić information content (AvgIpc) is 1.61. The van der Waals surface area contributed by atoms with E-state index in [4.69, 9.17) is 56.8 Å². The predicted molar refractivity (Wildman–Crippen MR) is 478 cm³/mol. The van der Waals surface area contributed by atoms with Crippen molar-refractivity contribution in [1.29, 1.82) is 5.41 Å². The molecule has 2 fully saturated rings. The summed E-state index contributed by atoms with van der Waals surface area (Å²) in [6.45, 7) is 2.05. The van der Waals surface area contributed by atoms with Crippen molar-refractivity contribution in [2.45, 2.75) is 189 Å². The molecule has 0 radical (unpaired) electrons. The summed E-state index contributed by atoms with van der Waals surface area (Å²) < 4.78 is 31.6. The molecule has 0 saturated carbocycles. The van der Waals surface area contributed by atoms with Crippen molar-refractivity contribution in [3.8, 4) is 0 Å². The highest BCUT2D eigenvalue weighted by Crippen LogP contribution is 2.24. The Hall–Kier alpha value is -12.9. The Morgan fingerprint density at radius 2 is 1.19 bits per heavy atom. The molecule has 17 amide bonds. The van der Waals surface area contributed by atoms with Crippen LogP contribution in [0.2, 0.25) is 0 Å². The van der Waals surface area contributed by atoms with Crippen molar-refractivity contribution >= 4 is 117 Å². The molecule has 49 heteroatoms. The molecule has 0 spiro atoms. The molecule has 2 aromatic carbocycles. The van der Waals surface area contributed by atoms with Crippen molar-refractivity contribution in [3.05, 3.63) is 90.1 Å². The number of fused-ring (bicyclic) bond motifs is 2. The number of para-hydroxylation sites is 1. The Morgan fingerprint density at radius 1 is 0.590 bits per heavy atom. The van der Waals surface area contributed by atoms with Gasteiger partial charge in [-0.3, -0.25) is 86.9 Å². The van der Waals surface area contributed by atoms with Gasteiger partial charge >= 0.3 is 0 Å². The van der Waals surface area contributed by atoms with Crippen molar-refractivity contribution in [2.24, 2.45) is 22.9 Å². The first-order valence-corrected chi connectivity index (χ1v) is 44.5. The molecule has 4 heterocycles. The standard InChI is InChI=1S/C85H130N24O25/c1-3-5-17-59(102-75(119)56(86)43-98-76(120)65(39-53-42-91-50-99-53)107-79(123)61(21-23-68(87)112)104-82(126)66(46-110)100-70(114)44-97-73(117)49-134-36-33-131-30-28-94-72(116)48-133-35-32-130-29-27-93-71(115)47-132-34-31-129-4-2)77(121)105-62-22-24-69(113)92-25-12-11-19-58(74(88)118)101-81(125)64(38-52-41-96-57-18-10-9-16-55(52)57)106-78(122)60(20-13-26-95-85(89)90)103-80(124)63(37-51-14-7-6-8-15-51)108-83(127)67-40-54(111)45-109(67)84(62)128/h6-10,14-16,18,41-42,50,54,56,58-67,96,110-111H,3-5,11-13,17,19-40,43-49,86H2,1-2H3,(H2,87,112)(H2,88,118)(H,91,99)(H,92,113)(H,93,115)(H,94,116)(H,97,117)(H,98,120)(H,100,114)(H,101,125)(H,102,119)(H,103,124)(H,104,126)(H,105,121)(H,106,122)(H,107,123)(H,108,127)(H4,89,90,95)/t54-,56+,58+,59+,60+,61+,62+,63-,64+,65+,66+,67+/m1/s1. The van der Waals surface area contributed by atoms with Gasteiger partial charge < -0.3 is 156 Å². The number of nitrogens with two attached hydrogens (primary N) is 4. The monoisotopic (exact) mass is 1890 g/mol. The van der Waals surface area contributed by atoms with Gasteiger partial charge in [0.15, 0.2) is 5.96 Å². The van der Waals surface area contributed by atoms with Crippen LogP contribution in [-0.4, -0.2) is 341 Å². The van der Waals surface area contributed by atoms with E-state index < -0.39 is 232 Å². The molecule has 134 heavy (non-hydrogen) atoms. The minimum Gasteiger partial charge on any atom is -0.394 e. The lowest BCUT2D eigenvalue weighted by molar-refractivity contribution is -0.143. The number of amides is 17. The Morgan fingerprint density at radius 3 is 1.83 bits per heavy atom. The number of nitrogens with one attached hydrogen (secondary N) is 18. The number of primary amides is 2. The fourth-order valence-corrected chi connectivity index (χ4v) is 13.9. The number of nitrogens with zero attached hydrogens (tertiary/aromatic N) is 2. The zero-order valence-corrected chi connectivity index (χ0v) is 75.3. The third-order valence-corrected chi connectivity index (χ3v) is 21.0. The van der Waals surface area contributed by atoms with Crippen LogP contribution in [-0.2, 0) is 129 Å². The van der Waals surface area contributed by atoms with Crippen LogP contribution in [0.3, 0.4) is 0 Å². The number of benzene rings is 2. The summed E-state index contributed by atoms with van der Waals surface area (Å²) >= 11 is 0. The molecule has 0 unspecified atom stereocenters. The number of ether oxygens (including phenoxy) is 6. The van der Waals surface area contributed by atoms with E-state index in [0.29, 0.717) is 37.4 Å². The zero-order chi connectivity index (χ0) is 97.7. The minimum absolute atomic E-state index is 0.0103.